The Morgan fingerprint density at radius 2 is 1.77 bits per heavy atom. The minimum atomic E-state index is -0.680. The number of ether oxygens (including phenoxy) is 1. The van der Waals surface area contributed by atoms with Crippen molar-refractivity contribution in [1.29, 1.82) is 0 Å². The fourth-order valence-corrected chi connectivity index (χ4v) is 3.22. The van der Waals surface area contributed by atoms with Gasteiger partial charge in [0.05, 0.1) is 0 Å². The molecule has 7 heteroatoms. The van der Waals surface area contributed by atoms with Crippen LogP contribution < -0.4 is 15.5 Å². The Morgan fingerprint density at radius 1 is 1.10 bits per heavy atom. The van der Waals surface area contributed by atoms with Gasteiger partial charge in [0.2, 0.25) is 5.91 Å². The molecular weight excluding hydrogens is 382 g/mol. The zero-order valence-corrected chi connectivity index (χ0v) is 18.0. The van der Waals surface area contributed by atoms with E-state index >= 15 is 0 Å². The van der Waals surface area contributed by atoms with Gasteiger partial charge in [0.1, 0.15) is 6.04 Å². The Kier molecular flexibility index (Phi) is 9.91. The van der Waals surface area contributed by atoms with Crippen molar-refractivity contribution in [2.24, 2.45) is 0 Å². The van der Waals surface area contributed by atoms with Crippen LogP contribution in [0.3, 0.4) is 0 Å². The van der Waals surface area contributed by atoms with Gasteiger partial charge < -0.3 is 20.3 Å². The second-order valence-electron chi connectivity index (χ2n) is 7.51. The highest BCUT2D eigenvalue weighted by atomic mass is 16.5. The first-order valence-electron chi connectivity index (χ1n) is 10.8. The average Bonchev–Trinajstić information content (AvgIpc) is 3.04. The predicted octanol–water partition coefficient (Wildman–Crippen LogP) is 2.65. The highest BCUT2D eigenvalue weighted by Gasteiger charge is 2.15. The van der Waals surface area contributed by atoms with Crippen LogP contribution in [0.15, 0.2) is 30.3 Å². The van der Waals surface area contributed by atoms with Gasteiger partial charge in [0.15, 0.2) is 6.61 Å². The molecule has 1 aromatic carbocycles. The van der Waals surface area contributed by atoms with Crippen molar-refractivity contribution in [2.45, 2.75) is 52.0 Å². The number of nitrogens with zero attached hydrogens (tertiary/aromatic N) is 1. The first-order valence-corrected chi connectivity index (χ1v) is 10.8. The third kappa shape index (κ3) is 8.27. The lowest BCUT2D eigenvalue weighted by atomic mass is 10.1. The summed E-state index contributed by atoms with van der Waals surface area (Å²) < 4.78 is 4.94. The van der Waals surface area contributed by atoms with E-state index in [4.69, 9.17) is 4.74 Å². The van der Waals surface area contributed by atoms with Crippen LogP contribution in [0.2, 0.25) is 0 Å². The van der Waals surface area contributed by atoms with Gasteiger partial charge in [-0.25, -0.2) is 4.79 Å². The molecule has 0 bridgehead atoms. The van der Waals surface area contributed by atoms with Crippen molar-refractivity contribution in [3.63, 3.8) is 0 Å². The van der Waals surface area contributed by atoms with Crippen LogP contribution in [0.5, 0.6) is 0 Å². The third-order valence-electron chi connectivity index (χ3n) is 4.94. The molecule has 1 aliphatic rings. The van der Waals surface area contributed by atoms with E-state index in [1.807, 2.05) is 19.1 Å². The van der Waals surface area contributed by atoms with Gasteiger partial charge in [-0.3, -0.25) is 9.59 Å². The molecule has 1 heterocycles. The Bertz CT molecular complexity index is 722. The van der Waals surface area contributed by atoms with Gasteiger partial charge >= 0.3 is 5.97 Å². The van der Waals surface area contributed by atoms with E-state index in [0.717, 1.165) is 25.1 Å². The zero-order chi connectivity index (χ0) is 21.8. The quantitative estimate of drug-likeness (QED) is 0.478. The van der Waals surface area contributed by atoms with Gasteiger partial charge in [-0.1, -0.05) is 31.9 Å². The van der Waals surface area contributed by atoms with Gasteiger partial charge in [0, 0.05) is 31.4 Å². The number of esters is 1. The number of benzene rings is 1. The molecule has 1 saturated heterocycles. The third-order valence-corrected chi connectivity index (χ3v) is 4.94. The van der Waals surface area contributed by atoms with Crippen LogP contribution in [-0.2, 0) is 19.1 Å². The Hall–Kier alpha value is -2.83. The second-order valence-corrected chi connectivity index (χ2v) is 7.51. The van der Waals surface area contributed by atoms with Crippen LogP contribution in [-0.4, -0.2) is 50.1 Å². The topological polar surface area (TPSA) is 87.7 Å². The van der Waals surface area contributed by atoms with Crippen molar-refractivity contribution in [1.82, 2.24) is 10.6 Å². The van der Waals surface area contributed by atoms with Crippen molar-refractivity contribution >= 4 is 29.5 Å². The number of anilines is 1. The zero-order valence-electron chi connectivity index (χ0n) is 18.0. The lowest BCUT2D eigenvalue weighted by Crippen LogP contribution is -2.46. The van der Waals surface area contributed by atoms with E-state index in [1.165, 1.54) is 37.4 Å². The molecule has 1 aliphatic heterocycles. The average molecular weight is 416 g/mol. The SMILES string of the molecule is CCCNC(=O)[C@H](C)NC(=O)COC(=O)/C=C/c1ccc(N2CCCCCC2)cc1. The van der Waals surface area contributed by atoms with E-state index in [9.17, 15) is 14.4 Å². The van der Waals surface area contributed by atoms with Gasteiger partial charge in [-0.2, -0.15) is 0 Å². The maximum Gasteiger partial charge on any atom is 0.331 e. The van der Waals surface area contributed by atoms with Gasteiger partial charge in [0.25, 0.3) is 5.91 Å². The summed E-state index contributed by atoms with van der Waals surface area (Å²) in [6.07, 6.45) is 8.81. The molecule has 7 nitrogen and oxygen atoms in total. The summed E-state index contributed by atoms with van der Waals surface area (Å²) in [5.74, 6) is -1.39. The maximum absolute atomic E-state index is 11.9. The number of carbonyl (C=O) groups excluding carboxylic acids is 3. The summed E-state index contributed by atoms with van der Waals surface area (Å²) in [4.78, 5) is 37.8. The standard InChI is InChI=1S/C23H33N3O4/c1-3-14-24-23(29)18(2)25-21(27)17-30-22(28)13-10-19-8-11-20(12-9-19)26-15-6-4-5-7-16-26/h8-13,18H,3-7,14-17H2,1-2H3,(H,24,29)(H,25,27)/b13-10+/t18-/m0/s1. The number of hydrogen-bond donors (Lipinski definition) is 2. The van der Waals surface area contributed by atoms with Crippen molar-refractivity contribution in [2.75, 3.05) is 31.1 Å². The van der Waals surface area contributed by atoms with Gasteiger partial charge in [-0.05, 0) is 50.0 Å². The molecule has 1 atom stereocenters. The highest BCUT2D eigenvalue weighted by molar-refractivity contribution is 5.91. The van der Waals surface area contributed by atoms with Crippen LogP contribution in [0.25, 0.3) is 6.08 Å². The van der Waals surface area contributed by atoms with Gasteiger partial charge in [-0.15, -0.1) is 0 Å². The molecule has 1 fully saturated rings. The van der Waals surface area contributed by atoms with Crippen LogP contribution in [0.4, 0.5) is 5.69 Å². The lowest BCUT2D eigenvalue weighted by molar-refractivity contribution is -0.144. The van der Waals surface area contributed by atoms with E-state index in [1.54, 1.807) is 13.0 Å². The summed E-state index contributed by atoms with van der Waals surface area (Å²) in [5.41, 5.74) is 2.08. The summed E-state index contributed by atoms with van der Waals surface area (Å²) in [6.45, 7) is 5.83. The maximum atomic E-state index is 11.9. The molecule has 0 radical (unpaired) electrons. The van der Waals surface area contributed by atoms with Crippen molar-refractivity contribution in [3.05, 3.63) is 35.9 Å². The predicted molar refractivity (Wildman–Crippen MR) is 118 cm³/mol. The number of nitrogens with one attached hydrogen (secondary N) is 2. The molecule has 0 aromatic heterocycles. The fourth-order valence-electron chi connectivity index (χ4n) is 3.22. The molecule has 0 aliphatic carbocycles. The molecule has 1 aromatic rings. The second kappa shape index (κ2) is 12.7. The number of carbonyl (C=O) groups is 3. The molecule has 0 spiro atoms. The lowest BCUT2D eigenvalue weighted by Gasteiger charge is -2.22. The first kappa shape index (κ1) is 23.4. The first-order chi connectivity index (χ1) is 14.5. The molecule has 2 amide bonds. The fraction of sp³-hybridized carbons (Fsp3) is 0.522. The molecule has 30 heavy (non-hydrogen) atoms. The normalized spacial score (nSPS) is 15.3. The number of amides is 2. The molecule has 2 N–H and O–H groups in total. The Balaban J connectivity index is 1.74. The smallest absolute Gasteiger partial charge is 0.331 e. The van der Waals surface area contributed by atoms with Crippen molar-refractivity contribution < 1.29 is 19.1 Å². The number of rotatable bonds is 9. The summed E-state index contributed by atoms with van der Waals surface area (Å²) in [5, 5.41) is 5.20. The van der Waals surface area contributed by atoms with Crippen LogP contribution >= 0.6 is 0 Å². The van der Waals surface area contributed by atoms with E-state index in [-0.39, 0.29) is 5.91 Å². The number of hydrogen-bond acceptors (Lipinski definition) is 5. The summed E-state index contributed by atoms with van der Waals surface area (Å²) in [6, 6.07) is 7.38. The summed E-state index contributed by atoms with van der Waals surface area (Å²) >= 11 is 0. The Morgan fingerprint density at radius 3 is 2.40 bits per heavy atom. The molecule has 0 saturated carbocycles. The minimum Gasteiger partial charge on any atom is -0.452 e. The van der Waals surface area contributed by atoms with E-state index in [2.05, 4.69) is 27.7 Å². The highest BCUT2D eigenvalue weighted by Crippen LogP contribution is 2.20. The van der Waals surface area contributed by atoms with Crippen LogP contribution in [0.1, 0.15) is 51.5 Å². The van der Waals surface area contributed by atoms with Crippen molar-refractivity contribution in [3.8, 4) is 0 Å². The molecule has 0 unspecified atom stereocenters. The molecule has 2 rings (SSSR count). The van der Waals surface area contributed by atoms with E-state index in [0.29, 0.717) is 6.54 Å². The minimum absolute atomic E-state index is 0.264. The largest absolute Gasteiger partial charge is 0.452 e. The Labute approximate surface area is 178 Å². The molecular formula is C23H33N3O4. The van der Waals surface area contributed by atoms with Crippen LogP contribution in [0, 0.1) is 0 Å². The monoisotopic (exact) mass is 415 g/mol. The summed E-state index contributed by atoms with van der Waals surface area (Å²) in [7, 11) is 0. The molecule has 164 valence electrons. The van der Waals surface area contributed by atoms with E-state index < -0.39 is 24.5 Å².